The number of nitrogens with zero attached hydrogens (tertiary/aromatic N) is 1. The van der Waals surface area contributed by atoms with E-state index in [1.165, 1.54) is 5.56 Å². The zero-order valence-corrected chi connectivity index (χ0v) is 12.5. The zero-order chi connectivity index (χ0) is 15.1. The second-order valence-corrected chi connectivity index (χ2v) is 5.79. The molecule has 22 heavy (non-hydrogen) atoms. The van der Waals surface area contributed by atoms with Crippen LogP contribution in [0.5, 0.6) is 0 Å². The third kappa shape index (κ3) is 2.00. The second-order valence-electron chi connectivity index (χ2n) is 5.35. The van der Waals surface area contributed by atoms with E-state index in [0.717, 1.165) is 22.6 Å². The number of hydrogen-bond acceptors (Lipinski definition) is 4. The number of fused-ring (bicyclic) bond motifs is 4. The van der Waals surface area contributed by atoms with Crippen LogP contribution in [0.15, 0.2) is 53.6 Å². The molecule has 0 spiro atoms. The van der Waals surface area contributed by atoms with Crippen LogP contribution < -0.4 is 21.8 Å². The highest BCUT2D eigenvalue weighted by Gasteiger charge is 2.40. The van der Waals surface area contributed by atoms with Gasteiger partial charge in [-0.05, 0) is 29.9 Å². The highest BCUT2D eigenvalue weighted by atomic mass is 32.1. The van der Waals surface area contributed by atoms with Gasteiger partial charge in [0.1, 0.15) is 0 Å². The molecule has 2 aliphatic rings. The first-order chi connectivity index (χ1) is 10.7. The van der Waals surface area contributed by atoms with Crippen molar-refractivity contribution in [1.82, 2.24) is 5.43 Å². The first kappa shape index (κ1) is 13.1. The quantitative estimate of drug-likeness (QED) is 0.480. The Morgan fingerprint density at radius 3 is 2.36 bits per heavy atom. The molecule has 0 fully saturated rings. The topological polar surface area (TPSA) is 74.5 Å². The van der Waals surface area contributed by atoms with Gasteiger partial charge in [-0.2, -0.15) is 5.10 Å². The van der Waals surface area contributed by atoms with Gasteiger partial charge in [-0.3, -0.25) is 5.43 Å². The van der Waals surface area contributed by atoms with Gasteiger partial charge >= 0.3 is 0 Å². The lowest BCUT2D eigenvalue weighted by atomic mass is 10.0. The zero-order valence-electron chi connectivity index (χ0n) is 11.7. The summed E-state index contributed by atoms with van der Waals surface area (Å²) in [6, 6.07) is 16.6. The summed E-state index contributed by atoms with van der Waals surface area (Å²) in [5, 5.41) is 11.7. The van der Waals surface area contributed by atoms with Crippen molar-refractivity contribution in [1.29, 1.82) is 0 Å². The van der Waals surface area contributed by atoms with Crippen LogP contribution in [0.25, 0.3) is 0 Å². The van der Waals surface area contributed by atoms with Crippen molar-refractivity contribution in [2.75, 3.05) is 10.6 Å². The monoisotopic (exact) mass is 309 g/mol. The molecule has 4 rings (SSSR count). The molecule has 110 valence electrons. The molecule has 0 unspecified atom stereocenters. The smallest absolute Gasteiger partial charge is 0.184 e. The predicted molar refractivity (Wildman–Crippen MR) is 93.1 cm³/mol. The van der Waals surface area contributed by atoms with E-state index >= 15 is 0 Å². The second kappa shape index (κ2) is 4.99. The molecule has 0 radical (unpaired) electrons. The number of thiocarbonyl (C=S) groups is 1. The van der Waals surface area contributed by atoms with Gasteiger partial charge in [0.05, 0.1) is 29.2 Å². The van der Waals surface area contributed by atoms with Crippen molar-refractivity contribution in [3.8, 4) is 0 Å². The largest absolute Gasteiger partial charge is 0.375 e. The van der Waals surface area contributed by atoms with Gasteiger partial charge in [0.2, 0.25) is 0 Å². The molecule has 2 aromatic carbocycles. The maximum absolute atomic E-state index is 5.51. The lowest BCUT2D eigenvalue weighted by Crippen LogP contribution is -2.39. The Morgan fingerprint density at radius 2 is 1.64 bits per heavy atom. The van der Waals surface area contributed by atoms with Crippen LogP contribution in [0.1, 0.15) is 17.2 Å². The van der Waals surface area contributed by atoms with Gasteiger partial charge < -0.3 is 16.4 Å². The Balaban J connectivity index is 1.81. The van der Waals surface area contributed by atoms with Gasteiger partial charge in [-0.15, -0.1) is 0 Å². The summed E-state index contributed by atoms with van der Waals surface area (Å²) in [6.45, 7) is 0. The van der Waals surface area contributed by atoms with Crippen molar-refractivity contribution < 1.29 is 0 Å². The van der Waals surface area contributed by atoms with E-state index in [4.69, 9.17) is 18.0 Å². The molecule has 2 aromatic rings. The fraction of sp³-hybridized carbons (Fsp3) is 0.125. The van der Waals surface area contributed by atoms with E-state index in [9.17, 15) is 0 Å². The number of nitrogens with two attached hydrogens (primary N) is 1. The molecule has 0 saturated carbocycles. The van der Waals surface area contributed by atoms with E-state index in [2.05, 4.69) is 45.4 Å². The Morgan fingerprint density at radius 1 is 1.00 bits per heavy atom. The Bertz CT molecular complexity index is 786. The Hall–Kier alpha value is -2.60. The SMILES string of the molecule is NC(=S)N/N=C1\c2ccccc2[C@@H]2Nc3ccccc3N[C@@H]12. The summed E-state index contributed by atoms with van der Waals surface area (Å²) in [7, 11) is 0. The number of hydrogen-bond donors (Lipinski definition) is 4. The molecule has 0 amide bonds. The molecule has 6 heteroatoms. The number of anilines is 2. The Kier molecular flexibility index (Phi) is 2.97. The van der Waals surface area contributed by atoms with E-state index in [1.807, 2.05) is 24.3 Å². The lowest BCUT2D eigenvalue weighted by molar-refractivity contribution is 0.750. The first-order valence-corrected chi connectivity index (χ1v) is 7.49. The highest BCUT2D eigenvalue weighted by Crippen LogP contribution is 2.41. The van der Waals surface area contributed by atoms with Crippen LogP contribution >= 0.6 is 12.2 Å². The van der Waals surface area contributed by atoms with E-state index in [-0.39, 0.29) is 17.2 Å². The van der Waals surface area contributed by atoms with Crippen LogP contribution in [0.2, 0.25) is 0 Å². The number of hydrazone groups is 1. The number of nitrogens with one attached hydrogen (secondary N) is 3. The van der Waals surface area contributed by atoms with Gasteiger partial charge in [0, 0.05) is 5.56 Å². The summed E-state index contributed by atoms with van der Waals surface area (Å²) >= 11 is 4.86. The number of benzene rings is 2. The van der Waals surface area contributed by atoms with E-state index in [0.29, 0.717) is 0 Å². The van der Waals surface area contributed by atoms with Crippen LogP contribution in [0.4, 0.5) is 11.4 Å². The molecule has 2 atom stereocenters. The maximum Gasteiger partial charge on any atom is 0.184 e. The van der Waals surface area contributed by atoms with Crippen molar-refractivity contribution in [3.05, 3.63) is 59.7 Å². The summed E-state index contributed by atoms with van der Waals surface area (Å²) < 4.78 is 0. The minimum absolute atomic E-state index is 0.0362. The minimum atomic E-state index is 0.0362. The number of rotatable bonds is 1. The van der Waals surface area contributed by atoms with Crippen LogP contribution in [-0.2, 0) is 0 Å². The summed E-state index contributed by atoms with van der Waals surface area (Å²) in [4.78, 5) is 0. The summed E-state index contributed by atoms with van der Waals surface area (Å²) in [6.07, 6.45) is 0. The third-order valence-corrected chi connectivity index (χ3v) is 4.13. The molecule has 5 N–H and O–H groups in total. The van der Waals surface area contributed by atoms with E-state index < -0.39 is 0 Å². The van der Waals surface area contributed by atoms with E-state index in [1.54, 1.807) is 0 Å². The predicted octanol–water partition coefficient (Wildman–Crippen LogP) is 2.18. The molecule has 1 aliphatic heterocycles. The van der Waals surface area contributed by atoms with Gasteiger partial charge in [-0.25, -0.2) is 0 Å². The maximum atomic E-state index is 5.51. The highest BCUT2D eigenvalue weighted by molar-refractivity contribution is 7.80. The molecule has 1 aliphatic carbocycles. The van der Waals surface area contributed by atoms with Crippen molar-refractivity contribution in [2.24, 2.45) is 10.8 Å². The standard InChI is InChI=1S/C16H15N5S/c17-16(22)21-20-14-10-6-2-1-5-9(10)13-15(14)19-12-8-4-3-7-11(12)18-13/h1-8,13,15,18-19H,(H3,17,21,22)/b20-14+/t13-,15+/m0/s1. The molecule has 0 bridgehead atoms. The van der Waals surface area contributed by atoms with Gasteiger partial charge in [0.15, 0.2) is 5.11 Å². The molecule has 0 saturated heterocycles. The van der Waals surface area contributed by atoms with Crippen LogP contribution in [-0.4, -0.2) is 16.9 Å². The lowest BCUT2D eigenvalue weighted by Gasteiger charge is -2.32. The average molecular weight is 309 g/mol. The average Bonchev–Trinajstić information content (AvgIpc) is 2.84. The van der Waals surface area contributed by atoms with Gasteiger partial charge in [-0.1, -0.05) is 36.4 Å². The molecular formula is C16H15N5S. The third-order valence-electron chi connectivity index (χ3n) is 4.04. The van der Waals surface area contributed by atoms with Crippen LogP contribution in [0, 0.1) is 0 Å². The molecular weight excluding hydrogens is 294 g/mol. The number of para-hydroxylation sites is 2. The van der Waals surface area contributed by atoms with Crippen LogP contribution in [0.3, 0.4) is 0 Å². The summed E-state index contributed by atoms with van der Waals surface area (Å²) in [5.41, 5.74) is 13.6. The Labute approximate surface area is 133 Å². The van der Waals surface area contributed by atoms with Gasteiger partial charge in [0.25, 0.3) is 0 Å². The summed E-state index contributed by atoms with van der Waals surface area (Å²) in [5.74, 6) is 0. The normalized spacial score (nSPS) is 22.8. The van der Waals surface area contributed by atoms with Crippen molar-refractivity contribution in [2.45, 2.75) is 12.1 Å². The fourth-order valence-corrected chi connectivity index (χ4v) is 3.18. The van der Waals surface area contributed by atoms with Crippen molar-refractivity contribution >= 4 is 34.4 Å². The fourth-order valence-electron chi connectivity index (χ4n) is 3.13. The molecule has 1 heterocycles. The van der Waals surface area contributed by atoms with Crippen molar-refractivity contribution in [3.63, 3.8) is 0 Å². The molecule has 5 nitrogen and oxygen atoms in total. The first-order valence-electron chi connectivity index (χ1n) is 7.08. The molecule has 0 aromatic heterocycles. The minimum Gasteiger partial charge on any atom is -0.375 e.